The SMILES string of the molecule is Cc1ccc(CN2CCc3c(OCC(=O)NC4CCCCC4)cccc3C2=O)cc1. The van der Waals surface area contributed by atoms with Crippen molar-refractivity contribution in [3.05, 3.63) is 64.7 Å². The summed E-state index contributed by atoms with van der Waals surface area (Å²) in [7, 11) is 0. The summed E-state index contributed by atoms with van der Waals surface area (Å²) in [6, 6.07) is 14.1. The molecule has 2 aromatic carbocycles. The minimum Gasteiger partial charge on any atom is -0.483 e. The van der Waals surface area contributed by atoms with E-state index in [-0.39, 0.29) is 24.5 Å². The van der Waals surface area contributed by atoms with Crippen LogP contribution in [0.2, 0.25) is 0 Å². The minimum absolute atomic E-state index is 0.00573. The highest BCUT2D eigenvalue weighted by Gasteiger charge is 2.27. The Morgan fingerprint density at radius 1 is 1.10 bits per heavy atom. The molecule has 2 aliphatic rings. The molecule has 1 saturated carbocycles. The Morgan fingerprint density at radius 2 is 1.87 bits per heavy atom. The summed E-state index contributed by atoms with van der Waals surface area (Å²) in [6.45, 7) is 3.30. The molecule has 1 fully saturated rings. The van der Waals surface area contributed by atoms with Crippen molar-refractivity contribution in [2.45, 2.75) is 58.0 Å². The van der Waals surface area contributed by atoms with E-state index in [0.717, 1.165) is 30.4 Å². The first-order valence-corrected chi connectivity index (χ1v) is 11.0. The Balaban J connectivity index is 1.38. The van der Waals surface area contributed by atoms with Crippen LogP contribution in [0, 0.1) is 6.92 Å². The van der Waals surface area contributed by atoms with Crippen molar-refractivity contribution in [1.29, 1.82) is 0 Å². The Labute approximate surface area is 178 Å². The molecule has 0 atom stereocenters. The molecule has 4 rings (SSSR count). The van der Waals surface area contributed by atoms with Gasteiger partial charge in [0.15, 0.2) is 6.61 Å². The molecule has 0 unspecified atom stereocenters. The molecule has 2 amide bonds. The summed E-state index contributed by atoms with van der Waals surface area (Å²) in [6.07, 6.45) is 6.45. The molecule has 5 nitrogen and oxygen atoms in total. The van der Waals surface area contributed by atoms with Gasteiger partial charge in [-0.15, -0.1) is 0 Å². The van der Waals surface area contributed by atoms with Crippen molar-refractivity contribution in [3.63, 3.8) is 0 Å². The van der Waals surface area contributed by atoms with Crippen LogP contribution in [-0.4, -0.2) is 35.9 Å². The van der Waals surface area contributed by atoms with Crippen molar-refractivity contribution >= 4 is 11.8 Å². The van der Waals surface area contributed by atoms with Crippen LogP contribution in [0.3, 0.4) is 0 Å². The van der Waals surface area contributed by atoms with E-state index in [9.17, 15) is 9.59 Å². The summed E-state index contributed by atoms with van der Waals surface area (Å²) in [4.78, 5) is 27.2. The number of amides is 2. The standard InChI is InChI=1S/C25H30N2O3/c1-18-10-12-19(13-11-18)16-27-15-14-21-22(25(27)29)8-5-9-23(21)30-17-24(28)26-20-6-3-2-4-7-20/h5,8-13,20H,2-4,6-7,14-17H2,1H3,(H,26,28). The Morgan fingerprint density at radius 3 is 2.63 bits per heavy atom. The molecule has 0 aromatic heterocycles. The molecule has 0 saturated heterocycles. The first-order chi connectivity index (χ1) is 14.6. The van der Waals surface area contributed by atoms with E-state index in [4.69, 9.17) is 4.74 Å². The lowest BCUT2D eigenvalue weighted by Gasteiger charge is -2.30. The van der Waals surface area contributed by atoms with Crippen LogP contribution < -0.4 is 10.1 Å². The number of benzene rings is 2. The predicted octanol–water partition coefficient (Wildman–Crippen LogP) is 4.02. The average molecular weight is 407 g/mol. The van der Waals surface area contributed by atoms with Gasteiger partial charge in [0, 0.05) is 30.3 Å². The van der Waals surface area contributed by atoms with Gasteiger partial charge >= 0.3 is 0 Å². The second-order valence-corrected chi connectivity index (χ2v) is 8.44. The smallest absolute Gasteiger partial charge is 0.258 e. The fourth-order valence-corrected chi connectivity index (χ4v) is 4.40. The lowest BCUT2D eigenvalue weighted by atomic mass is 9.95. The normalized spacial score (nSPS) is 16.8. The van der Waals surface area contributed by atoms with E-state index >= 15 is 0 Å². The number of nitrogens with one attached hydrogen (secondary N) is 1. The molecule has 0 spiro atoms. The molecule has 1 aliphatic heterocycles. The molecule has 5 heteroatoms. The highest BCUT2D eigenvalue weighted by molar-refractivity contribution is 5.97. The molecule has 1 N–H and O–H groups in total. The van der Waals surface area contributed by atoms with Gasteiger partial charge in [-0.05, 0) is 43.9 Å². The lowest BCUT2D eigenvalue weighted by molar-refractivity contribution is -0.124. The quantitative estimate of drug-likeness (QED) is 0.788. The van der Waals surface area contributed by atoms with Crippen molar-refractivity contribution < 1.29 is 14.3 Å². The molecular weight excluding hydrogens is 376 g/mol. The topological polar surface area (TPSA) is 58.6 Å². The number of ether oxygens (including phenoxy) is 1. The fraction of sp³-hybridized carbons (Fsp3) is 0.440. The monoisotopic (exact) mass is 406 g/mol. The third-order valence-electron chi connectivity index (χ3n) is 6.11. The van der Waals surface area contributed by atoms with Crippen molar-refractivity contribution in [3.8, 4) is 5.75 Å². The average Bonchev–Trinajstić information content (AvgIpc) is 2.76. The largest absolute Gasteiger partial charge is 0.483 e. The summed E-state index contributed by atoms with van der Waals surface area (Å²) < 4.78 is 5.84. The van der Waals surface area contributed by atoms with Gasteiger partial charge in [-0.2, -0.15) is 0 Å². The van der Waals surface area contributed by atoms with Crippen LogP contribution in [0.1, 0.15) is 59.2 Å². The zero-order valence-corrected chi connectivity index (χ0v) is 17.7. The van der Waals surface area contributed by atoms with Crippen LogP contribution in [0.25, 0.3) is 0 Å². The molecule has 1 heterocycles. The van der Waals surface area contributed by atoms with Gasteiger partial charge in [0.05, 0.1) is 0 Å². The molecule has 2 aromatic rings. The van der Waals surface area contributed by atoms with Crippen LogP contribution >= 0.6 is 0 Å². The summed E-state index contributed by atoms with van der Waals surface area (Å²) in [5.74, 6) is 0.589. The highest BCUT2D eigenvalue weighted by Crippen LogP contribution is 2.29. The first kappa shape index (κ1) is 20.5. The van der Waals surface area contributed by atoms with E-state index in [1.165, 1.54) is 24.8 Å². The molecule has 158 valence electrons. The number of rotatable bonds is 6. The molecule has 30 heavy (non-hydrogen) atoms. The molecule has 0 bridgehead atoms. The lowest BCUT2D eigenvalue weighted by Crippen LogP contribution is -2.39. The van der Waals surface area contributed by atoms with Crippen LogP contribution in [0.5, 0.6) is 5.75 Å². The number of hydrogen-bond acceptors (Lipinski definition) is 3. The number of hydrogen-bond donors (Lipinski definition) is 1. The summed E-state index contributed by atoms with van der Waals surface area (Å²) in [5.41, 5.74) is 3.93. The zero-order valence-electron chi connectivity index (χ0n) is 17.7. The van der Waals surface area contributed by atoms with Gasteiger partial charge in [0.1, 0.15) is 5.75 Å². The van der Waals surface area contributed by atoms with Gasteiger partial charge in [-0.25, -0.2) is 0 Å². The summed E-state index contributed by atoms with van der Waals surface area (Å²) in [5, 5.41) is 3.08. The van der Waals surface area contributed by atoms with Gasteiger partial charge in [-0.1, -0.05) is 55.2 Å². The molecule has 1 aliphatic carbocycles. The zero-order chi connectivity index (χ0) is 20.9. The van der Waals surface area contributed by atoms with Crippen LogP contribution in [-0.2, 0) is 17.8 Å². The van der Waals surface area contributed by atoms with Gasteiger partial charge in [0.2, 0.25) is 0 Å². The van der Waals surface area contributed by atoms with Crippen LogP contribution in [0.4, 0.5) is 0 Å². The van der Waals surface area contributed by atoms with E-state index < -0.39 is 0 Å². The maximum atomic E-state index is 13.0. The van der Waals surface area contributed by atoms with Crippen molar-refractivity contribution in [2.75, 3.05) is 13.2 Å². The van der Waals surface area contributed by atoms with E-state index in [1.807, 2.05) is 23.1 Å². The number of carbonyl (C=O) groups is 2. The number of nitrogens with zero attached hydrogens (tertiary/aromatic N) is 1. The number of carbonyl (C=O) groups excluding carboxylic acids is 2. The number of aryl methyl sites for hydroxylation is 1. The second kappa shape index (κ2) is 9.33. The predicted molar refractivity (Wildman–Crippen MR) is 117 cm³/mol. The summed E-state index contributed by atoms with van der Waals surface area (Å²) >= 11 is 0. The van der Waals surface area contributed by atoms with Crippen molar-refractivity contribution in [2.24, 2.45) is 0 Å². The van der Waals surface area contributed by atoms with Gasteiger partial charge in [0.25, 0.3) is 11.8 Å². The number of fused-ring (bicyclic) bond motifs is 1. The van der Waals surface area contributed by atoms with Crippen LogP contribution in [0.15, 0.2) is 42.5 Å². The molecular formula is C25H30N2O3. The van der Waals surface area contributed by atoms with Crippen molar-refractivity contribution in [1.82, 2.24) is 10.2 Å². The maximum absolute atomic E-state index is 13.0. The van der Waals surface area contributed by atoms with E-state index in [1.54, 1.807) is 0 Å². The minimum atomic E-state index is -0.0809. The highest BCUT2D eigenvalue weighted by atomic mass is 16.5. The van der Waals surface area contributed by atoms with Gasteiger partial charge < -0.3 is 15.0 Å². The van der Waals surface area contributed by atoms with E-state index in [2.05, 4.69) is 36.5 Å². The van der Waals surface area contributed by atoms with Gasteiger partial charge in [-0.3, -0.25) is 9.59 Å². The molecule has 0 radical (unpaired) electrons. The fourth-order valence-electron chi connectivity index (χ4n) is 4.40. The maximum Gasteiger partial charge on any atom is 0.258 e. The Hall–Kier alpha value is -2.82. The third-order valence-corrected chi connectivity index (χ3v) is 6.11. The Kier molecular flexibility index (Phi) is 6.36. The Bertz CT molecular complexity index is 901. The van der Waals surface area contributed by atoms with E-state index in [0.29, 0.717) is 24.4 Å². The third kappa shape index (κ3) is 4.84. The first-order valence-electron chi connectivity index (χ1n) is 11.0. The second-order valence-electron chi connectivity index (χ2n) is 8.44.